The van der Waals surface area contributed by atoms with Gasteiger partial charge in [0.15, 0.2) is 5.75 Å². The van der Waals surface area contributed by atoms with Gasteiger partial charge in [-0.05, 0) is 63.3 Å². The zero-order chi connectivity index (χ0) is 25.5. The van der Waals surface area contributed by atoms with E-state index in [-0.39, 0.29) is 17.9 Å². The third-order valence-electron chi connectivity index (χ3n) is 9.03. The summed E-state index contributed by atoms with van der Waals surface area (Å²) in [4.78, 5) is 15.9. The fourth-order valence-corrected chi connectivity index (χ4v) is 7.86. The van der Waals surface area contributed by atoms with E-state index in [0.717, 1.165) is 74.0 Å². The number of aryl methyl sites for hydroxylation is 1. The number of nitrogens with one attached hydrogen (secondary N) is 1. The molecular formula is C28H41N5O3S. The number of nitrogens with zero attached hydrogens (tertiary/aromatic N) is 4. The normalized spacial score (nSPS) is 28.6. The minimum atomic E-state index is -0.446. The molecule has 1 amide bonds. The minimum Gasteiger partial charge on any atom is -0.448 e. The van der Waals surface area contributed by atoms with Gasteiger partial charge >= 0.3 is 0 Å². The maximum Gasteiger partial charge on any atom is 0.262 e. The van der Waals surface area contributed by atoms with Crippen molar-refractivity contribution in [3.05, 3.63) is 23.1 Å². The predicted octanol–water partition coefficient (Wildman–Crippen LogP) is 5.19. The maximum atomic E-state index is 13.2. The van der Waals surface area contributed by atoms with E-state index < -0.39 is 6.29 Å². The van der Waals surface area contributed by atoms with Crippen LogP contribution in [0.2, 0.25) is 0 Å². The number of hydrogen-bond donors (Lipinski definition) is 1. The zero-order valence-corrected chi connectivity index (χ0v) is 23.2. The standard InChI is InChI=1S/C28H41N5O3S/c1-17(2)25-31-30-18(3)33(25)22-15-20-9-10-21(16-22)32(20)13-11-23(27-35-24-12-14-37-28(24)36-27)29-26(34)19-7-5-4-6-8-19/h12,14,17,19-23,27H,4-11,13,15-16H2,1-3H3,(H,29,34)/t20-,21+,22?,23-,27?/m0/s1. The first-order valence-electron chi connectivity index (χ1n) is 14.4. The summed E-state index contributed by atoms with van der Waals surface area (Å²) in [6, 6.07) is 3.41. The number of amides is 1. The average molecular weight is 528 g/mol. The van der Waals surface area contributed by atoms with Crippen LogP contribution in [0.15, 0.2) is 11.4 Å². The van der Waals surface area contributed by atoms with Crippen molar-refractivity contribution in [2.45, 2.75) is 121 Å². The first kappa shape index (κ1) is 25.2. The summed E-state index contributed by atoms with van der Waals surface area (Å²) >= 11 is 1.56. The minimum absolute atomic E-state index is 0.126. The van der Waals surface area contributed by atoms with Crippen LogP contribution in [-0.4, -0.2) is 56.5 Å². The highest BCUT2D eigenvalue weighted by molar-refractivity contribution is 7.12. The Bertz CT molecular complexity index is 1060. The molecule has 1 N–H and O–H groups in total. The maximum absolute atomic E-state index is 13.2. The Morgan fingerprint density at radius 3 is 2.54 bits per heavy atom. The van der Waals surface area contributed by atoms with Crippen LogP contribution in [0.4, 0.5) is 0 Å². The van der Waals surface area contributed by atoms with Crippen molar-refractivity contribution in [3.8, 4) is 10.8 Å². The quantitative estimate of drug-likeness (QED) is 0.509. The second kappa shape index (κ2) is 10.6. The Hall–Kier alpha value is -2.13. The second-order valence-corrected chi connectivity index (χ2v) is 12.7. The van der Waals surface area contributed by atoms with Gasteiger partial charge in [-0.15, -0.1) is 21.5 Å². The van der Waals surface area contributed by atoms with Crippen molar-refractivity contribution < 1.29 is 14.3 Å². The Morgan fingerprint density at radius 1 is 1.08 bits per heavy atom. The monoisotopic (exact) mass is 527 g/mol. The van der Waals surface area contributed by atoms with Gasteiger partial charge in [0.2, 0.25) is 11.0 Å². The summed E-state index contributed by atoms with van der Waals surface area (Å²) in [7, 11) is 0. The van der Waals surface area contributed by atoms with E-state index >= 15 is 0 Å². The molecule has 4 aliphatic rings. The van der Waals surface area contributed by atoms with Gasteiger partial charge in [-0.1, -0.05) is 33.1 Å². The smallest absolute Gasteiger partial charge is 0.262 e. The summed E-state index contributed by atoms with van der Waals surface area (Å²) in [6.07, 6.45) is 10.7. The molecule has 1 aliphatic carbocycles. The second-order valence-electron chi connectivity index (χ2n) is 11.8. The third-order valence-corrected chi connectivity index (χ3v) is 9.81. The van der Waals surface area contributed by atoms with Gasteiger partial charge in [0.25, 0.3) is 6.29 Å². The molecule has 8 nitrogen and oxygen atoms in total. The molecule has 0 spiro atoms. The number of carbonyl (C=O) groups excluding carboxylic acids is 1. The number of thiophene rings is 1. The number of hydrogen-bond acceptors (Lipinski definition) is 7. The third kappa shape index (κ3) is 5.01. The van der Waals surface area contributed by atoms with Crippen LogP contribution in [-0.2, 0) is 4.79 Å². The van der Waals surface area contributed by atoms with Gasteiger partial charge in [-0.25, -0.2) is 0 Å². The van der Waals surface area contributed by atoms with E-state index in [4.69, 9.17) is 9.47 Å². The summed E-state index contributed by atoms with van der Waals surface area (Å²) in [5.74, 6) is 3.64. The van der Waals surface area contributed by atoms with Crippen molar-refractivity contribution in [1.82, 2.24) is 25.0 Å². The highest BCUT2D eigenvalue weighted by Gasteiger charge is 2.43. The van der Waals surface area contributed by atoms with E-state index in [1.807, 2.05) is 11.4 Å². The van der Waals surface area contributed by atoms with E-state index in [0.29, 0.717) is 24.0 Å². The molecule has 2 bridgehead atoms. The largest absolute Gasteiger partial charge is 0.448 e. The molecule has 2 saturated heterocycles. The number of carbonyl (C=O) groups is 1. The Morgan fingerprint density at radius 2 is 1.84 bits per heavy atom. The van der Waals surface area contributed by atoms with Crippen molar-refractivity contribution in [2.24, 2.45) is 5.92 Å². The van der Waals surface area contributed by atoms with Crippen LogP contribution in [0.3, 0.4) is 0 Å². The van der Waals surface area contributed by atoms with Gasteiger partial charge in [-0.2, -0.15) is 0 Å². The van der Waals surface area contributed by atoms with Crippen LogP contribution >= 0.6 is 11.3 Å². The molecule has 2 aromatic rings. The molecule has 2 aromatic heterocycles. The molecule has 1 saturated carbocycles. The molecule has 0 radical (unpaired) electrons. The lowest BCUT2D eigenvalue weighted by molar-refractivity contribution is -0.128. The molecule has 37 heavy (non-hydrogen) atoms. The van der Waals surface area contributed by atoms with Crippen molar-refractivity contribution in [3.63, 3.8) is 0 Å². The van der Waals surface area contributed by atoms with Gasteiger partial charge in [0.05, 0.1) is 0 Å². The highest BCUT2D eigenvalue weighted by Crippen LogP contribution is 2.43. The molecule has 3 fully saturated rings. The number of aromatic nitrogens is 3. The van der Waals surface area contributed by atoms with Crippen LogP contribution in [0.25, 0.3) is 0 Å². The van der Waals surface area contributed by atoms with Crippen molar-refractivity contribution >= 4 is 17.2 Å². The van der Waals surface area contributed by atoms with Crippen LogP contribution in [0.1, 0.15) is 102 Å². The number of piperidine rings is 1. The summed E-state index contributed by atoms with van der Waals surface area (Å²) in [5.41, 5.74) is 0. The molecule has 6 rings (SSSR count). The van der Waals surface area contributed by atoms with Crippen LogP contribution in [0.5, 0.6) is 10.8 Å². The first-order chi connectivity index (χ1) is 18.0. The molecule has 3 aliphatic heterocycles. The molecule has 9 heteroatoms. The van der Waals surface area contributed by atoms with Gasteiger partial charge in [-0.3, -0.25) is 9.69 Å². The van der Waals surface area contributed by atoms with Gasteiger partial charge < -0.3 is 19.4 Å². The summed E-state index contributed by atoms with van der Waals surface area (Å²) in [6.45, 7) is 7.45. The van der Waals surface area contributed by atoms with Crippen LogP contribution < -0.4 is 14.8 Å². The molecule has 2 unspecified atom stereocenters. The Kier molecular flexibility index (Phi) is 7.18. The predicted molar refractivity (Wildman–Crippen MR) is 143 cm³/mol. The van der Waals surface area contributed by atoms with E-state index in [1.165, 1.54) is 19.3 Å². The molecule has 5 atom stereocenters. The zero-order valence-electron chi connectivity index (χ0n) is 22.4. The van der Waals surface area contributed by atoms with Gasteiger partial charge in [0.1, 0.15) is 17.7 Å². The first-order valence-corrected chi connectivity index (χ1v) is 15.2. The van der Waals surface area contributed by atoms with E-state index in [9.17, 15) is 4.79 Å². The molecule has 0 aromatic carbocycles. The topological polar surface area (TPSA) is 81.5 Å². The Balaban J connectivity index is 1.12. The van der Waals surface area contributed by atoms with E-state index in [1.54, 1.807) is 11.3 Å². The number of fused-ring (bicyclic) bond motifs is 3. The lowest BCUT2D eigenvalue weighted by atomic mass is 9.88. The van der Waals surface area contributed by atoms with E-state index in [2.05, 4.69) is 45.8 Å². The molecular weight excluding hydrogens is 486 g/mol. The summed E-state index contributed by atoms with van der Waals surface area (Å²) < 4.78 is 14.7. The lowest BCUT2D eigenvalue weighted by Gasteiger charge is -2.41. The fraction of sp³-hybridized carbons (Fsp3) is 0.750. The van der Waals surface area contributed by atoms with Gasteiger partial charge in [0, 0.05) is 36.5 Å². The number of ether oxygens (including phenoxy) is 2. The fourth-order valence-electron chi connectivity index (χ4n) is 7.16. The SMILES string of the molecule is Cc1nnc(C(C)C)n1C1C[C@H]2CC[C@@H](C1)N2CC[C@H](NC(=O)C1CCCCC1)C1Oc2ccsc2O1. The van der Waals surface area contributed by atoms with Crippen LogP contribution in [0, 0.1) is 12.8 Å². The highest BCUT2D eigenvalue weighted by atomic mass is 32.1. The summed E-state index contributed by atoms with van der Waals surface area (Å²) in [5, 5.41) is 15.1. The molecule has 202 valence electrons. The lowest BCUT2D eigenvalue weighted by Crippen LogP contribution is -2.52. The van der Waals surface area contributed by atoms with Crippen molar-refractivity contribution in [2.75, 3.05) is 6.54 Å². The van der Waals surface area contributed by atoms with Crippen molar-refractivity contribution in [1.29, 1.82) is 0 Å². The molecule has 5 heterocycles. The Labute approximate surface area is 224 Å². The number of rotatable bonds is 8. The average Bonchev–Trinajstić information content (AvgIpc) is 3.64.